The summed E-state index contributed by atoms with van der Waals surface area (Å²) in [5, 5.41) is 10.4. The highest BCUT2D eigenvalue weighted by Gasteiger charge is 2.16. The molecule has 0 fully saturated rings. The van der Waals surface area contributed by atoms with Gasteiger partial charge in [-0.25, -0.2) is 19.0 Å². The van der Waals surface area contributed by atoms with Crippen molar-refractivity contribution in [2.24, 2.45) is 0 Å². The Kier molecular flexibility index (Phi) is 8.55. The van der Waals surface area contributed by atoms with Crippen molar-refractivity contribution in [1.82, 2.24) is 20.6 Å². The van der Waals surface area contributed by atoms with Crippen LogP contribution in [-0.4, -0.2) is 52.0 Å². The first kappa shape index (κ1) is 27.4. The fraction of sp³-hybridized carbons (Fsp3) is 0.308. The zero-order valence-electron chi connectivity index (χ0n) is 21.5. The number of benzene rings is 2. The topological polar surface area (TPSA) is 132 Å². The maximum absolute atomic E-state index is 12.8. The van der Waals surface area contributed by atoms with Gasteiger partial charge < -0.3 is 20.7 Å². The monoisotopic (exact) mass is 555 g/mol. The summed E-state index contributed by atoms with van der Waals surface area (Å²) in [6, 6.07) is 12.7. The molecule has 0 aliphatic heterocycles. The van der Waals surface area contributed by atoms with Crippen LogP contribution in [-0.2, 0) is 20.0 Å². The molecule has 38 heavy (non-hydrogen) atoms. The number of rotatable bonds is 9. The van der Waals surface area contributed by atoms with Gasteiger partial charge in [0.2, 0.25) is 5.95 Å². The Morgan fingerprint density at radius 3 is 2.63 bits per heavy atom. The average Bonchev–Trinajstić information content (AvgIpc) is 3.32. The van der Waals surface area contributed by atoms with Crippen molar-refractivity contribution in [3.8, 4) is 0 Å². The lowest BCUT2D eigenvalue weighted by Gasteiger charge is -2.19. The van der Waals surface area contributed by atoms with Crippen molar-refractivity contribution < 1.29 is 22.7 Å². The van der Waals surface area contributed by atoms with Crippen LogP contribution < -0.4 is 16.0 Å². The summed E-state index contributed by atoms with van der Waals surface area (Å²) >= 11 is -0.170. The number of amides is 2. The maximum atomic E-state index is 12.8. The highest BCUT2D eigenvalue weighted by molar-refractivity contribution is 7.80. The largest absolute Gasteiger partial charge is 0.444 e. The van der Waals surface area contributed by atoms with Gasteiger partial charge in [0.25, 0.3) is 5.91 Å². The smallest absolute Gasteiger partial charge is 0.407 e. The molecule has 0 spiro atoms. The Balaban J connectivity index is 1.43. The molecule has 0 radical (unpaired) electrons. The van der Waals surface area contributed by atoms with Crippen molar-refractivity contribution >= 4 is 67.0 Å². The number of fused-ring (bicyclic) bond motifs is 3. The van der Waals surface area contributed by atoms with Gasteiger partial charge in [-0.05, 0) is 63.6 Å². The molecule has 0 saturated heterocycles. The van der Waals surface area contributed by atoms with Crippen LogP contribution >= 0.6 is 11.3 Å². The molecule has 2 amide bonds. The summed E-state index contributed by atoms with van der Waals surface area (Å²) in [7, 11) is 1.38. The summed E-state index contributed by atoms with van der Waals surface area (Å²) in [5.74, 6) is 0.187. The summed E-state index contributed by atoms with van der Waals surface area (Å²) in [5.41, 5.74) is 0.835. The Labute approximate surface area is 226 Å². The van der Waals surface area contributed by atoms with Crippen LogP contribution in [0.5, 0.6) is 0 Å². The minimum atomic E-state index is -1.55. The number of nitrogens with zero attached hydrogens (tertiary/aromatic N) is 2. The standard InChI is InChI=1S/C26H29N5O5S2/c1-26(2,3)36-25(33)28-12-6-11-27-23(32)21-14-19-20(37-21)10-9-16-15-29-24(31-22(16)19)30-17-7-5-8-18(13-17)38(34)35-4/h5,7-10,13-15H,6,11-12H2,1-4H3,(H,27,32)(H,28,33)(H,29,30,31). The van der Waals surface area contributed by atoms with E-state index in [9.17, 15) is 13.8 Å². The first-order valence-corrected chi connectivity index (χ1v) is 13.8. The second-order valence-electron chi connectivity index (χ2n) is 9.31. The third-order valence-electron chi connectivity index (χ3n) is 5.21. The molecule has 10 nitrogen and oxygen atoms in total. The molecule has 0 bridgehead atoms. The number of carbonyl (C=O) groups is 2. The van der Waals surface area contributed by atoms with E-state index in [1.807, 2.05) is 24.3 Å². The third-order valence-corrected chi connectivity index (χ3v) is 7.25. The van der Waals surface area contributed by atoms with Gasteiger partial charge in [-0.15, -0.1) is 11.3 Å². The van der Waals surface area contributed by atoms with Crippen LogP contribution in [0.4, 0.5) is 16.4 Å². The molecule has 12 heteroatoms. The van der Waals surface area contributed by atoms with E-state index in [1.54, 1.807) is 45.2 Å². The SMILES string of the molecule is COS(=O)c1cccc(Nc2ncc3ccc4sc(C(=O)NCCCNC(=O)OC(C)(C)C)cc4c3n2)c1. The van der Waals surface area contributed by atoms with Crippen molar-refractivity contribution in [2.45, 2.75) is 37.7 Å². The second-order valence-corrected chi connectivity index (χ2v) is 11.7. The predicted octanol–water partition coefficient (Wildman–Crippen LogP) is 4.90. The van der Waals surface area contributed by atoms with E-state index in [-0.39, 0.29) is 5.91 Å². The zero-order valence-corrected chi connectivity index (χ0v) is 23.1. The lowest BCUT2D eigenvalue weighted by atomic mass is 10.2. The molecule has 1 atom stereocenters. The Morgan fingerprint density at radius 2 is 1.87 bits per heavy atom. The zero-order chi connectivity index (χ0) is 27.3. The third kappa shape index (κ3) is 7.03. The number of alkyl carbamates (subject to hydrolysis) is 1. The Morgan fingerprint density at radius 1 is 1.08 bits per heavy atom. The summed E-state index contributed by atoms with van der Waals surface area (Å²) in [6.07, 6.45) is 1.81. The first-order chi connectivity index (χ1) is 18.1. The molecule has 3 N–H and O–H groups in total. The van der Waals surface area contributed by atoms with Crippen molar-refractivity contribution in [2.75, 3.05) is 25.5 Å². The van der Waals surface area contributed by atoms with E-state index < -0.39 is 22.8 Å². The van der Waals surface area contributed by atoms with Gasteiger partial charge in [0.15, 0.2) is 11.1 Å². The number of anilines is 2. The van der Waals surface area contributed by atoms with Crippen LogP contribution in [0.15, 0.2) is 53.6 Å². The minimum Gasteiger partial charge on any atom is -0.444 e. The van der Waals surface area contributed by atoms with Crippen LogP contribution in [0.3, 0.4) is 0 Å². The number of thiophene rings is 1. The summed E-state index contributed by atoms with van der Waals surface area (Å²) in [4.78, 5) is 34.6. The van der Waals surface area contributed by atoms with Crippen molar-refractivity contribution in [3.63, 3.8) is 0 Å². The van der Waals surface area contributed by atoms with E-state index in [2.05, 4.69) is 25.9 Å². The number of hydrogen-bond acceptors (Lipinski definition) is 9. The molecule has 0 aliphatic carbocycles. The normalized spacial score (nSPS) is 12.3. The van der Waals surface area contributed by atoms with Gasteiger partial charge in [-0.1, -0.05) is 6.07 Å². The molecule has 2 heterocycles. The van der Waals surface area contributed by atoms with Gasteiger partial charge >= 0.3 is 6.09 Å². The van der Waals surface area contributed by atoms with E-state index in [4.69, 9.17) is 8.92 Å². The predicted molar refractivity (Wildman–Crippen MR) is 149 cm³/mol. The number of carbonyl (C=O) groups excluding carboxylic acids is 2. The highest BCUT2D eigenvalue weighted by atomic mass is 32.2. The van der Waals surface area contributed by atoms with Crippen LogP contribution in [0.1, 0.15) is 36.9 Å². The summed E-state index contributed by atoms with van der Waals surface area (Å²) < 4.78 is 23.0. The Bertz CT molecular complexity index is 1500. The highest BCUT2D eigenvalue weighted by Crippen LogP contribution is 2.32. The number of nitrogens with one attached hydrogen (secondary N) is 3. The Hall–Kier alpha value is -3.61. The van der Waals surface area contributed by atoms with Gasteiger partial charge in [0.05, 0.1) is 22.4 Å². The van der Waals surface area contributed by atoms with E-state index in [0.717, 1.165) is 15.5 Å². The molecular formula is C26H29N5O5S2. The molecule has 1 unspecified atom stereocenters. The maximum Gasteiger partial charge on any atom is 0.407 e. The van der Waals surface area contributed by atoms with E-state index in [0.29, 0.717) is 46.4 Å². The molecule has 4 aromatic rings. The molecular weight excluding hydrogens is 526 g/mol. The molecule has 0 saturated carbocycles. The quantitative estimate of drug-likeness (QED) is 0.249. The fourth-order valence-corrected chi connectivity index (χ4v) is 5.15. The van der Waals surface area contributed by atoms with Crippen LogP contribution in [0.25, 0.3) is 21.0 Å². The van der Waals surface area contributed by atoms with Crippen LogP contribution in [0.2, 0.25) is 0 Å². The van der Waals surface area contributed by atoms with E-state index >= 15 is 0 Å². The van der Waals surface area contributed by atoms with Crippen molar-refractivity contribution in [3.05, 3.63) is 53.5 Å². The second kappa shape index (κ2) is 11.8. The molecule has 4 rings (SSSR count). The van der Waals surface area contributed by atoms with Crippen LogP contribution in [0, 0.1) is 0 Å². The summed E-state index contributed by atoms with van der Waals surface area (Å²) in [6.45, 7) is 6.21. The first-order valence-electron chi connectivity index (χ1n) is 11.9. The van der Waals surface area contributed by atoms with Gasteiger partial charge in [0, 0.05) is 40.4 Å². The average molecular weight is 556 g/mol. The molecule has 2 aromatic heterocycles. The number of hydrogen-bond donors (Lipinski definition) is 3. The minimum absolute atomic E-state index is 0.188. The molecule has 200 valence electrons. The number of aromatic nitrogens is 2. The van der Waals surface area contributed by atoms with Gasteiger partial charge in [-0.2, -0.15) is 0 Å². The van der Waals surface area contributed by atoms with Crippen molar-refractivity contribution in [1.29, 1.82) is 0 Å². The lowest BCUT2D eigenvalue weighted by molar-refractivity contribution is 0.0527. The van der Waals surface area contributed by atoms with Gasteiger partial charge in [-0.3, -0.25) is 8.98 Å². The molecule has 2 aromatic carbocycles. The lowest BCUT2D eigenvalue weighted by Crippen LogP contribution is -2.34. The van der Waals surface area contributed by atoms with Gasteiger partial charge in [0.1, 0.15) is 5.60 Å². The fourth-order valence-electron chi connectivity index (χ4n) is 3.57. The van der Waals surface area contributed by atoms with E-state index in [1.165, 1.54) is 18.4 Å². The number of ether oxygens (including phenoxy) is 1. The molecule has 0 aliphatic rings.